The van der Waals surface area contributed by atoms with Crippen LogP contribution in [-0.2, 0) is 4.79 Å². The van der Waals surface area contributed by atoms with Crippen LogP contribution in [0.3, 0.4) is 0 Å². The molecule has 0 bridgehead atoms. The fourth-order valence-electron chi connectivity index (χ4n) is 2.81. The summed E-state index contributed by atoms with van der Waals surface area (Å²) in [5, 5.41) is 14.5. The van der Waals surface area contributed by atoms with Crippen molar-refractivity contribution < 1.29 is 14.3 Å². The summed E-state index contributed by atoms with van der Waals surface area (Å²) in [6, 6.07) is 18.4. The second-order valence-corrected chi connectivity index (χ2v) is 6.29. The third-order valence-corrected chi connectivity index (χ3v) is 4.53. The van der Waals surface area contributed by atoms with Crippen molar-refractivity contribution in [3.05, 3.63) is 70.8 Å². The Hall–Kier alpha value is -3.49. The van der Waals surface area contributed by atoms with Crippen molar-refractivity contribution in [2.24, 2.45) is 0 Å². The van der Waals surface area contributed by atoms with Crippen LogP contribution in [0, 0.1) is 11.3 Å². The van der Waals surface area contributed by atoms with E-state index >= 15 is 0 Å². The molecule has 0 spiro atoms. The first-order valence-corrected chi connectivity index (χ1v) is 8.77. The number of methoxy groups -OCH3 is 2. The summed E-state index contributed by atoms with van der Waals surface area (Å²) < 4.78 is 10.5. The number of amides is 1. The minimum atomic E-state index is -0.523. The van der Waals surface area contributed by atoms with Crippen molar-refractivity contribution >= 4 is 40.0 Å². The van der Waals surface area contributed by atoms with Crippen molar-refractivity contribution in [2.45, 2.75) is 0 Å². The first-order chi connectivity index (χ1) is 13.6. The molecular weight excluding hydrogens is 376 g/mol. The zero-order valence-corrected chi connectivity index (χ0v) is 16.1. The summed E-state index contributed by atoms with van der Waals surface area (Å²) in [4.78, 5) is 12.7. The lowest BCUT2D eigenvalue weighted by Crippen LogP contribution is -2.13. The van der Waals surface area contributed by atoms with Gasteiger partial charge in [0.1, 0.15) is 11.6 Å². The van der Waals surface area contributed by atoms with Crippen LogP contribution in [0.15, 0.2) is 60.2 Å². The molecule has 0 unspecified atom stereocenters. The highest BCUT2D eigenvalue weighted by atomic mass is 35.5. The number of nitriles is 1. The molecule has 0 aromatic heterocycles. The number of fused-ring (bicyclic) bond motifs is 1. The topological polar surface area (TPSA) is 71.3 Å². The van der Waals surface area contributed by atoms with Gasteiger partial charge in [-0.1, -0.05) is 48.0 Å². The Morgan fingerprint density at radius 1 is 1.07 bits per heavy atom. The van der Waals surface area contributed by atoms with E-state index in [1.165, 1.54) is 20.3 Å². The van der Waals surface area contributed by atoms with Gasteiger partial charge in [0.05, 0.1) is 19.2 Å². The molecule has 6 heteroatoms. The van der Waals surface area contributed by atoms with E-state index < -0.39 is 5.91 Å². The molecular formula is C22H17ClN2O3. The molecule has 0 fully saturated rings. The van der Waals surface area contributed by atoms with E-state index in [0.29, 0.717) is 27.8 Å². The number of benzene rings is 3. The monoisotopic (exact) mass is 392 g/mol. The van der Waals surface area contributed by atoms with Gasteiger partial charge in [0, 0.05) is 17.1 Å². The zero-order valence-electron chi connectivity index (χ0n) is 15.3. The Labute approximate surface area is 167 Å². The molecule has 0 saturated heterocycles. The van der Waals surface area contributed by atoms with Gasteiger partial charge in [-0.3, -0.25) is 4.79 Å². The molecule has 3 aromatic rings. The van der Waals surface area contributed by atoms with Crippen molar-refractivity contribution in [1.82, 2.24) is 0 Å². The second-order valence-electron chi connectivity index (χ2n) is 5.88. The summed E-state index contributed by atoms with van der Waals surface area (Å²) in [6.45, 7) is 0. The Bertz CT molecular complexity index is 1110. The maximum absolute atomic E-state index is 12.7. The molecule has 0 aliphatic carbocycles. The summed E-state index contributed by atoms with van der Waals surface area (Å²) in [5.74, 6) is 0.387. The van der Waals surface area contributed by atoms with Gasteiger partial charge in [0.25, 0.3) is 5.91 Å². The standard InChI is InChI=1S/C22H17ClN2O3/c1-27-20-11-15(18(23)12-21(20)28-2)10-16(13-24)22(26)25-19-9-5-7-14-6-3-4-8-17(14)19/h3-12H,1-2H3,(H,25,26)/b16-10+. The largest absolute Gasteiger partial charge is 0.493 e. The Morgan fingerprint density at radius 2 is 1.75 bits per heavy atom. The van der Waals surface area contributed by atoms with Gasteiger partial charge < -0.3 is 14.8 Å². The molecule has 0 radical (unpaired) electrons. The third kappa shape index (κ3) is 3.93. The lowest BCUT2D eigenvalue weighted by atomic mass is 10.1. The van der Waals surface area contributed by atoms with Gasteiger partial charge >= 0.3 is 0 Å². The number of hydrogen-bond donors (Lipinski definition) is 1. The van der Waals surface area contributed by atoms with Crippen molar-refractivity contribution in [2.75, 3.05) is 19.5 Å². The zero-order chi connectivity index (χ0) is 20.1. The van der Waals surface area contributed by atoms with Gasteiger partial charge in [0.15, 0.2) is 11.5 Å². The Balaban J connectivity index is 1.95. The first kappa shape index (κ1) is 19.3. The third-order valence-electron chi connectivity index (χ3n) is 4.21. The van der Waals surface area contributed by atoms with Gasteiger partial charge in [0.2, 0.25) is 0 Å². The van der Waals surface area contributed by atoms with E-state index in [1.54, 1.807) is 18.2 Å². The van der Waals surface area contributed by atoms with Gasteiger partial charge in [-0.2, -0.15) is 5.26 Å². The molecule has 1 amide bonds. The quantitative estimate of drug-likeness (QED) is 0.486. The molecule has 1 N–H and O–H groups in total. The van der Waals surface area contributed by atoms with Crippen LogP contribution in [0.25, 0.3) is 16.8 Å². The maximum Gasteiger partial charge on any atom is 0.266 e. The smallest absolute Gasteiger partial charge is 0.266 e. The summed E-state index contributed by atoms with van der Waals surface area (Å²) in [7, 11) is 3.00. The highest BCUT2D eigenvalue weighted by Gasteiger charge is 2.14. The number of nitrogens with zero attached hydrogens (tertiary/aromatic N) is 1. The number of anilines is 1. The van der Waals surface area contributed by atoms with Crippen LogP contribution in [0.5, 0.6) is 11.5 Å². The SMILES string of the molecule is COc1cc(Cl)c(/C=C(\C#N)C(=O)Nc2cccc3ccccc23)cc1OC. The van der Waals surface area contributed by atoms with E-state index in [-0.39, 0.29) is 5.57 Å². The lowest BCUT2D eigenvalue weighted by molar-refractivity contribution is -0.112. The van der Waals surface area contributed by atoms with E-state index in [4.69, 9.17) is 21.1 Å². The van der Waals surface area contributed by atoms with Crippen LogP contribution < -0.4 is 14.8 Å². The van der Waals surface area contributed by atoms with E-state index in [1.807, 2.05) is 42.5 Å². The van der Waals surface area contributed by atoms with Gasteiger partial charge in [-0.15, -0.1) is 0 Å². The summed E-state index contributed by atoms with van der Waals surface area (Å²) in [5.41, 5.74) is 1.02. The highest BCUT2D eigenvalue weighted by molar-refractivity contribution is 6.32. The Kier molecular flexibility index (Phi) is 5.83. The average molecular weight is 393 g/mol. The fraction of sp³-hybridized carbons (Fsp3) is 0.0909. The molecule has 0 atom stereocenters. The predicted molar refractivity (Wildman–Crippen MR) is 111 cm³/mol. The number of rotatable bonds is 5. The molecule has 0 heterocycles. The lowest BCUT2D eigenvalue weighted by Gasteiger charge is -2.11. The number of ether oxygens (including phenoxy) is 2. The number of halogens is 1. The van der Waals surface area contributed by atoms with Crippen LogP contribution in [0.1, 0.15) is 5.56 Å². The minimum Gasteiger partial charge on any atom is -0.493 e. The fourth-order valence-corrected chi connectivity index (χ4v) is 3.02. The minimum absolute atomic E-state index is 0.0814. The molecule has 140 valence electrons. The van der Waals surface area contributed by atoms with E-state index in [0.717, 1.165) is 10.8 Å². The predicted octanol–water partition coefficient (Wildman–Crippen LogP) is 5.06. The number of nitrogens with one attached hydrogen (secondary N) is 1. The van der Waals surface area contributed by atoms with Crippen LogP contribution in [0.4, 0.5) is 5.69 Å². The normalized spacial score (nSPS) is 11.0. The Morgan fingerprint density at radius 3 is 2.46 bits per heavy atom. The van der Waals surface area contributed by atoms with Crippen LogP contribution in [0.2, 0.25) is 5.02 Å². The molecule has 5 nitrogen and oxygen atoms in total. The first-order valence-electron chi connectivity index (χ1n) is 8.39. The van der Waals surface area contributed by atoms with E-state index in [2.05, 4.69) is 5.32 Å². The number of carbonyl (C=O) groups is 1. The summed E-state index contributed by atoms with van der Waals surface area (Å²) >= 11 is 6.26. The van der Waals surface area contributed by atoms with Crippen molar-refractivity contribution in [3.8, 4) is 17.6 Å². The molecule has 0 aliphatic heterocycles. The van der Waals surface area contributed by atoms with E-state index in [9.17, 15) is 10.1 Å². The number of carbonyl (C=O) groups excluding carboxylic acids is 1. The van der Waals surface area contributed by atoms with Crippen LogP contribution >= 0.6 is 11.6 Å². The van der Waals surface area contributed by atoms with Gasteiger partial charge in [-0.05, 0) is 29.2 Å². The molecule has 3 aromatic carbocycles. The molecule has 0 aliphatic rings. The summed E-state index contributed by atoms with van der Waals surface area (Å²) in [6.07, 6.45) is 1.42. The molecule has 0 saturated carbocycles. The maximum atomic E-state index is 12.7. The molecule has 28 heavy (non-hydrogen) atoms. The van der Waals surface area contributed by atoms with Crippen molar-refractivity contribution in [3.63, 3.8) is 0 Å². The average Bonchev–Trinajstić information content (AvgIpc) is 2.72. The van der Waals surface area contributed by atoms with Gasteiger partial charge in [-0.25, -0.2) is 0 Å². The highest BCUT2D eigenvalue weighted by Crippen LogP contribution is 2.34. The number of hydrogen-bond acceptors (Lipinski definition) is 4. The van der Waals surface area contributed by atoms with Crippen molar-refractivity contribution in [1.29, 1.82) is 5.26 Å². The van der Waals surface area contributed by atoms with Crippen LogP contribution in [-0.4, -0.2) is 20.1 Å². The molecule has 3 rings (SSSR count). The second kappa shape index (κ2) is 8.47.